The summed E-state index contributed by atoms with van der Waals surface area (Å²) >= 11 is 0. The Bertz CT molecular complexity index is 366. The molecule has 1 aromatic heterocycles. The SMILES string of the molecule is CCNC1COCC1CN(C)Cc1nccn1C. The highest BCUT2D eigenvalue weighted by Gasteiger charge is 2.28. The van der Waals surface area contributed by atoms with Crippen molar-refractivity contribution in [1.29, 1.82) is 0 Å². The van der Waals surface area contributed by atoms with Crippen molar-refractivity contribution in [2.75, 3.05) is 33.4 Å². The molecule has 0 aromatic carbocycles. The van der Waals surface area contributed by atoms with Gasteiger partial charge in [-0.1, -0.05) is 6.92 Å². The van der Waals surface area contributed by atoms with E-state index in [4.69, 9.17) is 4.74 Å². The van der Waals surface area contributed by atoms with Crippen LogP contribution in [0.3, 0.4) is 0 Å². The van der Waals surface area contributed by atoms with E-state index in [2.05, 4.69) is 33.7 Å². The van der Waals surface area contributed by atoms with Crippen LogP contribution in [-0.4, -0.2) is 53.8 Å². The van der Waals surface area contributed by atoms with Crippen LogP contribution in [0.5, 0.6) is 0 Å². The van der Waals surface area contributed by atoms with E-state index in [1.165, 1.54) is 0 Å². The summed E-state index contributed by atoms with van der Waals surface area (Å²) < 4.78 is 7.64. The molecule has 5 heteroatoms. The number of rotatable bonds is 6. The summed E-state index contributed by atoms with van der Waals surface area (Å²) in [5.74, 6) is 1.69. The molecule has 0 bridgehead atoms. The highest BCUT2D eigenvalue weighted by atomic mass is 16.5. The highest BCUT2D eigenvalue weighted by Crippen LogP contribution is 2.15. The highest BCUT2D eigenvalue weighted by molar-refractivity contribution is 4.91. The van der Waals surface area contributed by atoms with Gasteiger partial charge in [0.2, 0.25) is 0 Å². The summed E-state index contributed by atoms with van der Waals surface area (Å²) in [6.07, 6.45) is 3.84. The Morgan fingerprint density at radius 3 is 3.06 bits per heavy atom. The topological polar surface area (TPSA) is 42.3 Å². The van der Waals surface area contributed by atoms with Crippen molar-refractivity contribution in [3.05, 3.63) is 18.2 Å². The zero-order valence-corrected chi connectivity index (χ0v) is 11.6. The van der Waals surface area contributed by atoms with Crippen LogP contribution in [0.4, 0.5) is 0 Å². The van der Waals surface area contributed by atoms with Gasteiger partial charge in [-0.15, -0.1) is 0 Å². The molecule has 1 aliphatic heterocycles. The Kier molecular flexibility index (Phi) is 4.74. The zero-order valence-electron chi connectivity index (χ0n) is 11.6. The minimum atomic E-state index is 0.499. The average Bonchev–Trinajstić information content (AvgIpc) is 2.91. The average molecular weight is 252 g/mol. The van der Waals surface area contributed by atoms with Crippen molar-refractivity contribution < 1.29 is 4.74 Å². The van der Waals surface area contributed by atoms with Crippen LogP contribution < -0.4 is 5.32 Å². The molecule has 0 amide bonds. The van der Waals surface area contributed by atoms with Gasteiger partial charge in [0.05, 0.1) is 19.8 Å². The number of nitrogens with zero attached hydrogens (tertiary/aromatic N) is 3. The first-order valence-corrected chi connectivity index (χ1v) is 6.66. The molecule has 0 aliphatic carbocycles. The second kappa shape index (κ2) is 6.31. The minimum Gasteiger partial charge on any atom is -0.379 e. The fraction of sp³-hybridized carbons (Fsp3) is 0.769. The molecule has 5 nitrogen and oxygen atoms in total. The molecule has 2 heterocycles. The van der Waals surface area contributed by atoms with Gasteiger partial charge in [0, 0.05) is 37.9 Å². The number of hydrogen-bond acceptors (Lipinski definition) is 4. The Balaban J connectivity index is 1.83. The standard InChI is InChI=1S/C13H24N4O/c1-4-14-12-10-18-9-11(12)7-16(2)8-13-15-5-6-17(13)3/h5-6,11-12,14H,4,7-10H2,1-3H3. The van der Waals surface area contributed by atoms with Gasteiger partial charge in [-0.2, -0.15) is 0 Å². The Labute approximate surface area is 109 Å². The molecule has 102 valence electrons. The fourth-order valence-corrected chi connectivity index (χ4v) is 2.52. The predicted octanol–water partition coefficient (Wildman–Crippen LogP) is 0.476. The van der Waals surface area contributed by atoms with Crippen LogP contribution in [0.1, 0.15) is 12.7 Å². The Morgan fingerprint density at radius 1 is 1.56 bits per heavy atom. The second-order valence-corrected chi connectivity index (χ2v) is 5.11. The van der Waals surface area contributed by atoms with Gasteiger partial charge in [0.15, 0.2) is 0 Å². The molecule has 2 atom stereocenters. The Hall–Kier alpha value is -0.910. The van der Waals surface area contributed by atoms with Crippen LogP contribution in [0, 0.1) is 5.92 Å². The molecule has 0 spiro atoms. The van der Waals surface area contributed by atoms with E-state index in [0.717, 1.165) is 38.7 Å². The summed E-state index contributed by atoms with van der Waals surface area (Å²) in [4.78, 5) is 6.69. The van der Waals surface area contributed by atoms with Gasteiger partial charge in [-0.3, -0.25) is 4.90 Å². The monoisotopic (exact) mass is 252 g/mol. The minimum absolute atomic E-state index is 0.499. The molecule has 2 unspecified atom stereocenters. The number of nitrogens with one attached hydrogen (secondary N) is 1. The van der Waals surface area contributed by atoms with Crippen molar-refractivity contribution in [3.8, 4) is 0 Å². The van der Waals surface area contributed by atoms with Gasteiger partial charge in [0.25, 0.3) is 0 Å². The lowest BCUT2D eigenvalue weighted by Gasteiger charge is -2.24. The molecule has 1 aromatic rings. The van der Waals surface area contributed by atoms with Crippen LogP contribution in [0.15, 0.2) is 12.4 Å². The van der Waals surface area contributed by atoms with Gasteiger partial charge in [-0.25, -0.2) is 4.98 Å². The smallest absolute Gasteiger partial charge is 0.122 e. The largest absolute Gasteiger partial charge is 0.379 e. The fourth-order valence-electron chi connectivity index (χ4n) is 2.52. The normalized spacial score (nSPS) is 24.0. The zero-order chi connectivity index (χ0) is 13.0. The van der Waals surface area contributed by atoms with E-state index in [-0.39, 0.29) is 0 Å². The third-order valence-corrected chi connectivity index (χ3v) is 3.54. The molecule has 1 fully saturated rings. The lowest BCUT2D eigenvalue weighted by Crippen LogP contribution is -2.40. The number of hydrogen-bond donors (Lipinski definition) is 1. The summed E-state index contributed by atoms with van der Waals surface area (Å²) in [5.41, 5.74) is 0. The number of aryl methyl sites for hydroxylation is 1. The first kappa shape index (κ1) is 13.5. The lowest BCUT2D eigenvalue weighted by molar-refractivity contribution is 0.171. The number of aromatic nitrogens is 2. The van der Waals surface area contributed by atoms with Gasteiger partial charge < -0.3 is 14.6 Å². The van der Waals surface area contributed by atoms with Gasteiger partial charge in [0.1, 0.15) is 5.82 Å². The summed E-state index contributed by atoms with van der Waals surface area (Å²) in [6, 6.07) is 0.499. The maximum Gasteiger partial charge on any atom is 0.122 e. The molecule has 1 saturated heterocycles. The van der Waals surface area contributed by atoms with E-state index in [9.17, 15) is 0 Å². The van der Waals surface area contributed by atoms with Crippen LogP contribution in [0.25, 0.3) is 0 Å². The Morgan fingerprint density at radius 2 is 2.39 bits per heavy atom. The maximum absolute atomic E-state index is 5.57. The number of likely N-dealkylation sites (N-methyl/N-ethyl adjacent to an activating group) is 1. The van der Waals surface area contributed by atoms with Gasteiger partial charge >= 0.3 is 0 Å². The van der Waals surface area contributed by atoms with E-state index in [0.29, 0.717) is 12.0 Å². The summed E-state index contributed by atoms with van der Waals surface area (Å²) in [5, 5.41) is 3.50. The van der Waals surface area contributed by atoms with E-state index < -0.39 is 0 Å². The van der Waals surface area contributed by atoms with Crippen molar-refractivity contribution >= 4 is 0 Å². The number of imidazole rings is 1. The van der Waals surface area contributed by atoms with E-state index >= 15 is 0 Å². The van der Waals surface area contributed by atoms with Crippen molar-refractivity contribution in [1.82, 2.24) is 19.8 Å². The molecular weight excluding hydrogens is 228 g/mol. The maximum atomic E-state index is 5.57. The van der Waals surface area contributed by atoms with Crippen LogP contribution in [-0.2, 0) is 18.3 Å². The third kappa shape index (κ3) is 3.31. The molecule has 18 heavy (non-hydrogen) atoms. The van der Waals surface area contributed by atoms with E-state index in [1.807, 2.05) is 19.4 Å². The molecule has 1 aliphatic rings. The quantitative estimate of drug-likeness (QED) is 0.799. The summed E-state index contributed by atoms with van der Waals surface area (Å²) in [7, 11) is 4.19. The van der Waals surface area contributed by atoms with Crippen LogP contribution in [0.2, 0.25) is 0 Å². The molecule has 2 rings (SSSR count). The van der Waals surface area contributed by atoms with Crippen molar-refractivity contribution in [2.45, 2.75) is 19.5 Å². The molecule has 0 radical (unpaired) electrons. The third-order valence-electron chi connectivity index (χ3n) is 3.54. The number of ether oxygens (including phenoxy) is 1. The van der Waals surface area contributed by atoms with Gasteiger partial charge in [-0.05, 0) is 13.6 Å². The molecule has 0 saturated carbocycles. The molecular formula is C13H24N4O. The second-order valence-electron chi connectivity index (χ2n) is 5.11. The lowest BCUT2D eigenvalue weighted by atomic mass is 10.0. The van der Waals surface area contributed by atoms with Crippen LogP contribution >= 0.6 is 0 Å². The van der Waals surface area contributed by atoms with Crippen molar-refractivity contribution in [2.24, 2.45) is 13.0 Å². The predicted molar refractivity (Wildman–Crippen MR) is 71.3 cm³/mol. The first-order valence-electron chi connectivity index (χ1n) is 6.66. The van der Waals surface area contributed by atoms with Crippen molar-refractivity contribution in [3.63, 3.8) is 0 Å². The van der Waals surface area contributed by atoms with E-state index in [1.54, 1.807) is 0 Å². The first-order chi connectivity index (χ1) is 8.70. The molecule has 1 N–H and O–H groups in total. The summed E-state index contributed by atoms with van der Waals surface area (Å²) in [6.45, 7) is 6.79.